The van der Waals surface area contributed by atoms with Gasteiger partial charge in [0, 0.05) is 17.1 Å². The summed E-state index contributed by atoms with van der Waals surface area (Å²) in [5.41, 5.74) is 4.00. The van der Waals surface area contributed by atoms with Crippen LogP contribution in [0.3, 0.4) is 0 Å². The van der Waals surface area contributed by atoms with Crippen LogP contribution in [0, 0.1) is 19.3 Å². The number of fused-ring (bicyclic) bond motifs is 1. The summed E-state index contributed by atoms with van der Waals surface area (Å²) >= 11 is 1.55. The first-order valence-corrected chi connectivity index (χ1v) is 7.44. The van der Waals surface area contributed by atoms with Crippen molar-refractivity contribution in [2.45, 2.75) is 11.8 Å². The Kier molecular flexibility index (Phi) is 3.81. The van der Waals surface area contributed by atoms with Crippen molar-refractivity contribution in [3.63, 3.8) is 0 Å². The van der Waals surface area contributed by atoms with Crippen molar-refractivity contribution >= 4 is 28.5 Å². The van der Waals surface area contributed by atoms with Crippen molar-refractivity contribution in [1.29, 1.82) is 0 Å². The predicted molar refractivity (Wildman–Crippen MR) is 90.3 cm³/mol. The van der Waals surface area contributed by atoms with Crippen LogP contribution < -0.4 is 4.72 Å². The van der Waals surface area contributed by atoms with Crippen LogP contribution in [0.1, 0.15) is 11.1 Å². The third-order valence-corrected chi connectivity index (χ3v) is 4.31. The summed E-state index contributed by atoms with van der Waals surface area (Å²) in [6.45, 7) is 2.09. The number of aromatic nitrogens is 1. The smallest absolute Gasteiger partial charge is 0.0858 e. The first kappa shape index (κ1) is 13.5. The van der Waals surface area contributed by atoms with Crippen LogP contribution >= 0.6 is 11.9 Å². The summed E-state index contributed by atoms with van der Waals surface area (Å²) in [4.78, 5) is 5.62. The first-order chi connectivity index (χ1) is 10.3. The van der Waals surface area contributed by atoms with Crippen molar-refractivity contribution in [2.24, 2.45) is 0 Å². The lowest BCUT2D eigenvalue weighted by molar-refractivity contribution is 1.28. The fourth-order valence-electron chi connectivity index (χ4n) is 2.15. The van der Waals surface area contributed by atoms with Crippen molar-refractivity contribution in [1.82, 2.24) is 4.98 Å². The van der Waals surface area contributed by atoms with Gasteiger partial charge in [0.05, 0.1) is 16.1 Å². The minimum absolute atomic E-state index is 0.857. The maximum Gasteiger partial charge on any atom is 0.0858 e. The molecule has 0 radical (unpaired) electrons. The molecule has 3 rings (SSSR count). The third-order valence-electron chi connectivity index (χ3n) is 3.27. The van der Waals surface area contributed by atoms with E-state index in [1.165, 1.54) is 5.56 Å². The monoisotopic (exact) mass is 290 g/mol. The molecule has 2 nitrogen and oxygen atoms in total. The summed E-state index contributed by atoms with van der Waals surface area (Å²) in [6.07, 6.45) is 7.35. The normalized spacial score (nSPS) is 10.3. The van der Waals surface area contributed by atoms with Gasteiger partial charge in [-0.1, -0.05) is 36.3 Å². The van der Waals surface area contributed by atoms with Gasteiger partial charge in [0.1, 0.15) is 0 Å². The molecule has 0 fully saturated rings. The highest BCUT2D eigenvalue weighted by molar-refractivity contribution is 8.00. The second kappa shape index (κ2) is 5.90. The molecule has 0 aliphatic carbocycles. The molecule has 1 heterocycles. The molecule has 0 aliphatic heterocycles. The highest BCUT2D eigenvalue weighted by Crippen LogP contribution is 2.31. The number of aryl methyl sites for hydroxylation is 1. The SMILES string of the molecule is C#Cc1ccccc1NSc1c(C)ccc2cccnc12. The van der Waals surface area contributed by atoms with E-state index in [9.17, 15) is 0 Å². The van der Waals surface area contributed by atoms with E-state index in [0.29, 0.717) is 0 Å². The molecule has 0 aliphatic rings. The molecule has 0 amide bonds. The van der Waals surface area contributed by atoms with Gasteiger partial charge in [0.15, 0.2) is 0 Å². The second-order valence-electron chi connectivity index (χ2n) is 4.68. The number of benzene rings is 2. The van der Waals surface area contributed by atoms with Gasteiger partial charge < -0.3 is 4.72 Å². The molecule has 21 heavy (non-hydrogen) atoms. The van der Waals surface area contributed by atoms with Crippen molar-refractivity contribution in [2.75, 3.05) is 4.72 Å². The Hall–Kier alpha value is -2.44. The highest BCUT2D eigenvalue weighted by Gasteiger charge is 2.07. The van der Waals surface area contributed by atoms with Crippen molar-refractivity contribution < 1.29 is 0 Å². The second-order valence-corrected chi connectivity index (χ2v) is 5.50. The molecule has 2 aromatic carbocycles. The average Bonchev–Trinajstić information content (AvgIpc) is 2.54. The number of nitrogens with zero attached hydrogens (tertiary/aromatic N) is 1. The highest BCUT2D eigenvalue weighted by atomic mass is 32.2. The molecule has 3 heteroatoms. The van der Waals surface area contributed by atoms with Gasteiger partial charge in [-0.05, 0) is 42.6 Å². The molecule has 0 atom stereocenters. The minimum atomic E-state index is 0.857. The maximum absolute atomic E-state index is 5.53. The van der Waals surface area contributed by atoms with Crippen LogP contribution in [-0.2, 0) is 0 Å². The number of pyridine rings is 1. The zero-order valence-electron chi connectivity index (χ0n) is 11.6. The Labute approximate surface area is 128 Å². The van der Waals surface area contributed by atoms with E-state index in [0.717, 1.165) is 27.0 Å². The van der Waals surface area contributed by atoms with E-state index in [1.807, 2.05) is 36.5 Å². The molecular weight excluding hydrogens is 276 g/mol. The third kappa shape index (κ3) is 2.72. The van der Waals surface area contributed by atoms with Gasteiger partial charge in [0.25, 0.3) is 0 Å². The quantitative estimate of drug-likeness (QED) is 0.561. The van der Waals surface area contributed by atoms with E-state index in [1.54, 1.807) is 11.9 Å². The molecule has 102 valence electrons. The zero-order valence-corrected chi connectivity index (χ0v) is 12.4. The first-order valence-electron chi connectivity index (χ1n) is 6.62. The number of terminal acetylenes is 1. The number of hydrogen-bond donors (Lipinski definition) is 1. The molecular formula is C18H14N2S. The lowest BCUT2D eigenvalue weighted by Gasteiger charge is -2.11. The van der Waals surface area contributed by atoms with E-state index in [-0.39, 0.29) is 0 Å². The van der Waals surface area contributed by atoms with Crippen LogP contribution in [-0.4, -0.2) is 4.98 Å². The van der Waals surface area contributed by atoms with Gasteiger partial charge in [-0.25, -0.2) is 0 Å². The fourth-order valence-corrected chi connectivity index (χ4v) is 3.04. The van der Waals surface area contributed by atoms with Gasteiger partial charge in [-0.2, -0.15) is 0 Å². The Morgan fingerprint density at radius 2 is 1.95 bits per heavy atom. The Balaban J connectivity index is 1.96. The number of nitrogens with one attached hydrogen (secondary N) is 1. The fraction of sp³-hybridized carbons (Fsp3) is 0.0556. The van der Waals surface area contributed by atoms with E-state index < -0.39 is 0 Å². The molecule has 0 saturated carbocycles. The van der Waals surface area contributed by atoms with Crippen LogP contribution in [0.4, 0.5) is 5.69 Å². The molecule has 0 bridgehead atoms. The Morgan fingerprint density at radius 1 is 1.10 bits per heavy atom. The molecule has 0 spiro atoms. The van der Waals surface area contributed by atoms with Crippen molar-refractivity contribution in [3.8, 4) is 12.3 Å². The lowest BCUT2D eigenvalue weighted by Crippen LogP contribution is -1.93. The Bertz CT molecular complexity index is 834. The summed E-state index contributed by atoms with van der Waals surface area (Å²) in [5.74, 6) is 2.69. The van der Waals surface area contributed by atoms with Gasteiger partial charge in [-0.3, -0.25) is 4.98 Å². The van der Waals surface area contributed by atoms with E-state index in [2.05, 4.69) is 40.7 Å². The largest absolute Gasteiger partial charge is 0.324 e. The van der Waals surface area contributed by atoms with Crippen LogP contribution in [0.5, 0.6) is 0 Å². The van der Waals surface area contributed by atoms with E-state index >= 15 is 0 Å². The summed E-state index contributed by atoms with van der Waals surface area (Å²) in [7, 11) is 0. The summed E-state index contributed by atoms with van der Waals surface area (Å²) in [6, 6.07) is 16.0. The number of rotatable bonds is 3. The van der Waals surface area contributed by atoms with Gasteiger partial charge in [-0.15, -0.1) is 6.42 Å². The molecule has 0 unspecified atom stereocenters. The van der Waals surface area contributed by atoms with Gasteiger partial charge in [0.2, 0.25) is 0 Å². The maximum atomic E-state index is 5.53. The molecule has 3 aromatic rings. The summed E-state index contributed by atoms with van der Waals surface area (Å²) in [5, 5.41) is 1.14. The molecule has 1 aromatic heterocycles. The summed E-state index contributed by atoms with van der Waals surface area (Å²) < 4.78 is 3.35. The number of anilines is 1. The van der Waals surface area contributed by atoms with Crippen LogP contribution in [0.15, 0.2) is 59.6 Å². The number of hydrogen-bond acceptors (Lipinski definition) is 3. The molecule has 1 N–H and O–H groups in total. The minimum Gasteiger partial charge on any atom is -0.324 e. The Morgan fingerprint density at radius 3 is 2.81 bits per heavy atom. The standard InChI is InChI=1S/C18H14N2S/c1-3-14-7-4-5-9-16(14)20-21-18-13(2)10-11-15-8-6-12-19-17(15)18/h1,4-12,20H,2H3. The van der Waals surface area contributed by atoms with E-state index in [4.69, 9.17) is 6.42 Å². The average molecular weight is 290 g/mol. The van der Waals surface area contributed by atoms with Crippen molar-refractivity contribution in [3.05, 3.63) is 65.9 Å². The zero-order chi connectivity index (χ0) is 14.7. The van der Waals surface area contributed by atoms with Gasteiger partial charge >= 0.3 is 0 Å². The topological polar surface area (TPSA) is 24.9 Å². The van der Waals surface area contributed by atoms with Crippen LogP contribution in [0.25, 0.3) is 10.9 Å². The predicted octanol–water partition coefficient (Wildman–Crippen LogP) is 4.64. The van der Waals surface area contributed by atoms with Crippen LogP contribution in [0.2, 0.25) is 0 Å². The molecule has 0 saturated heterocycles. The lowest BCUT2D eigenvalue weighted by atomic mass is 10.1. The number of para-hydroxylation sites is 1.